The number of aldehydes is 1. The molecule has 0 saturated heterocycles. The summed E-state index contributed by atoms with van der Waals surface area (Å²) in [5.41, 5.74) is -0.770. The first-order chi connectivity index (χ1) is 7.33. The van der Waals surface area contributed by atoms with Crippen molar-refractivity contribution in [1.82, 2.24) is 0 Å². The van der Waals surface area contributed by atoms with Crippen molar-refractivity contribution in [3.8, 4) is 5.75 Å². The fourth-order valence-corrected chi connectivity index (χ4v) is 0.991. The summed E-state index contributed by atoms with van der Waals surface area (Å²) in [6.07, 6.45) is -4.84. The van der Waals surface area contributed by atoms with Gasteiger partial charge in [0.15, 0.2) is 6.29 Å². The summed E-state index contributed by atoms with van der Waals surface area (Å²) < 4.78 is 39.1. The summed E-state index contributed by atoms with van der Waals surface area (Å²) in [6.45, 7) is 0. The molecule has 0 amide bonds. The van der Waals surface area contributed by atoms with E-state index in [4.69, 9.17) is 5.11 Å². The van der Waals surface area contributed by atoms with E-state index in [-0.39, 0.29) is 11.8 Å². The Morgan fingerprint density at radius 1 is 1.38 bits per heavy atom. The zero-order valence-corrected chi connectivity index (χ0v) is 7.62. The maximum Gasteiger partial charge on any atom is 0.573 e. The Labute approximate surface area is 87.3 Å². The normalized spacial score (nSPS) is 10.9. The van der Waals surface area contributed by atoms with Crippen LogP contribution in [0.15, 0.2) is 18.2 Å². The first-order valence-electron chi connectivity index (χ1n) is 3.92. The number of rotatable bonds is 3. The van der Waals surface area contributed by atoms with E-state index in [2.05, 4.69) is 4.74 Å². The van der Waals surface area contributed by atoms with Gasteiger partial charge in [-0.1, -0.05) is 0 Å². The van der Waals surface area contributed by atoms with Crippen LogP contribution in [0.3, 0.4) is 0 Å². The second-order valence-electron chi connectivity index (χ2n) is 2.72. The quantitative estimate of drug-likeness (QED) is 0.813. The Kier molecular flexibility index (Phi) is 3.17. The van der Waals surface area contributed by atoms with Gasteiger partial charge in [-0.3, -0.25) is 4.79 Å². The van der Waals surface area contributed by atoms with Crippen molar-refractivity contribution in [3.05, 3.63) is 29.3 Å². The number of hydrogen-bond acceptors (Lipinski definition) is 3. The number of ether oxygens (including phenoxy) is 1. The molecule has 1 aromatic carbocycles. The lowest BCUT2D eigenvalue weighted by Gasteiger charge is -2.10. The Morgan fingerprint density at radius 3 is 2.44 bits per heavy atom. The lowest BCUT2D eigenvalue weighted by Crippen LogP contribution is -2.18. The highest BCUT2D eigenvalue weighted by Crippen LogP contribution is 2.26. The first-order valence-corrected chi connectivity index (χ1v) is 3.92. The molecule has 86 valence electrons. The van der Waals surface area contributed by atoms with Gasteiger partial charge in [0.2, 0.25) is 0 Å². The smallest absolute Gasteiger partial charge is 0.478 e. The SMILES string of the molecule is O=Cc1cc(C(=O)O)ccc1OC(F)(F)F. The number of carboxylic acid groups (broad SMARTS) is 1. The van der Waals surface area contributed by atoms with Crippen molar-refractivity contribution in [3.63, 3.8) is 0 Å². The molecule has 1 N–H and O–H groups in total. The zero-order chi connectivity index (χ0) is 12.3. The highest BCUT2D eigenvalue weighted by atomic mass is 19.4. The van der Waals surface area contributed by atoms with Gasteiger partial charge in [0, 0.05) is 0 Å². The summed E-state index contributed by atoms with van der Waals surface area (Å²) in [6, 6.07) is 2.49. The maximum atomic E-state index is 11.9. The van der Waals surface area contributed by atoms with Gasteiger partial charge in [-0.2, -0.15) is 0 Å². The summed E-state index contributed by atoms with van der Waals surface area (Å²) in [5, 5.41) is 8.55. The number of halogens is 3. The molecule has 0 aliphatic carbocycles. The van der Waals surface area contributed by atoms with Crippen LogP contribution in [0.2, 0.25) is 0 Å². The van der Waals surface area contributed by atoms with E-state index >= 15 is 0 Å². The molecule has 0 aliphatic rings. The molecule has 16 heavy (non-hydrogen) atoms. The average Bonchev–Trinajstić information content (AvgIpc) is 2.15. The van der Waals surface area contributed by atoms with Gasteiger partial charge in [0.25, 0.3) is 0 Å². The van der Waals surface area contributed by atoms with Crippen molar-refractivity contribution in [2.75, 3.05) is 0 Å². The van der Waals surface area contributed by atoms with Gasteiger partial charge >= 0.3 is 12.3 Å². The van der Waals surface area contributed by atoms with Gasteiger partial charge in [-0.25, -0.2) is 4.79 Å². The van der Waals surface area contributed by atoms with E-state index in [9.17, 15) is 22.8 Å². The first kappa shape index (κ1) is 12.0. The molecule has 0 aromatic heterocycles. The Balaban J connectivity index is 3.12. The monoisotopic (exact) mass is 234 g/mol. The van der Waals surface area contributed by atoms with E-state index in [1.165, 1.54) is 0 Å². The van der Waals surface area contributed by atoms with Crippen molar-refractivity contribution < 1.29 is 32.6 Å². The van der Waals surface area contributed by atoms with Crippen molar-refractivity contribution in [2.45, 2.75) is 6.36 Å². The van der Waals surface area contributed by atoms with Gasteiger partial charge < -0.3 is 9.84 Å². The van der Waals surface area contributed by atoms with Crippen LogP contribution >= 0.6 is 0 Å². The molecule has 0 saturated carbocycles. The minimum absolute atomic E-state index is 0.0908. The number of carboxylic acids is 1. The number of benzene rings is 1. The van der Waals surface area contributed by atoms with Gasteiger partial charge in [0.1, 0.15) is 5.75 Å². The minimum Gasteiger partial charge on any atom is -0.478 e. The van der Waals surface area contributed by atoms with E-state index in [0.717, 1.165) is 18.2 Å². The highest BCUT2D eigenvalue weighted by molar-refractivity contribution is 5.91. The van der Waals surface area contributed by atoms with Crippen molar-refractivity contribution in [2.24, 2.45) is 0 Å². The van der Waals surface area contributed by atoms with Crippen molar-refractivity contribution >= 4 is 12.3 Å². The second-order valence-corrected chi connectivity index (χ2v) is 2.72. The van der Waals surface area contributed by atoms with Crippen LogP contribution in [0.5, 0.6) is 5.75 Å². The predicted octanol–water partition coefficient (Wildman–Crippen LogP) is 2.10. The topological polar surface area (TPSA) is 63.6 Å². The number of hydrogen-bond donors (Lipinski definition) is 1. The van der Waals surface area contributed by atoms with Crippen LogP contribution < -0.4 is 4.74 Å². The van der Waals surface area contributed by atoms with Crippen LogP contribution in [-0.2, 0) is 0 Å². The molecule has 0 atom stereocenters. The molecule has 0 radical (unpaired) electrons. The third-order valence-corrected chi connectivity index (χ3v) is 1.61. The summed E-state index contributed by atoms with van der Waals surface area (Å²) >= 11 is 0. The molecular weight excluding hydrogens is 229 g/mol. The minimum atomic E-state index is -4.93. The van der Waals surface area contributed by atoms with Crippen LogP contribution in [0.4, 0.5) is 13.2 Å². The second kappa shape index (κ2) is 4.21. The Hall–Kier alpha value is -2.05. The third-order valence-electron chi connectivity index (χ3n) is 1.61. The molecular formula is C9H5F3O4. The largest absolute Gasteiger partial charge is 0.573 e. The molecule has 0 fully saturated rings. The lowest BCUT2D eigenvalue weighted by atomic mass is 10.1. The van der Waals surface area contributed by atoms with Crippen molar-refractivity contribution in [1.29, 1.82) is 0 Å². The summed E-state index contributed by atoms with van der Waals surface area (Å²) in [4.78, 5) is 20.9. The van der Waals surface area contributed by atoms with Crippen LogP contribution in [0.1, 0.15) is 20.7 Å². The number of carbonyl (C=O) groups excluding carboxylic acids is 1. The number of alkyl halides is 3. The molecule has 0 aliphatic heterocycles. The van der Waals surface area contributed by atoms with Crippen LogP contribution in [-0.4, -0.2) is 23.7 Å². The standard InChI is InChI=1S/C9H5F3O4/c10-9(11,12)16-7-2-1-5(8(14)15)3-6(7)4-13/h1-4H,(H,14,15). The van der Waals surface area contributed by atoms with Crippen LogP contribution in [0, 0.1) is 0 Å². The number of carbonyl (C=O) groups is 2. The molecule has 0 heterocycles. The van der Waals surface area contributed by atoms with Crippen LogP contribution in [0.25, 0.3) is 0 Å². The van der Waals surface area contributed by atoms with Gasteiger partial charge in [-0.15, -0.1) is 13.2 Å². The van der Waals surface area contributed by atoms with E-state index < -0.39 is 23.6 Å². The predicted molar refractivity (Wildman–Crippen MR) is 45.5 cm³/mol. The van der Waals surface area contributed by atoms with Gasteiger partial charge in [0.05, 0.1) is 11.1 Å². The summed E-state index contributed by atoms with van der Waals surface area (Å²) in [5.74, 6) is -2.07. The molecule has 7 heteroatoms. The van der Waals surface area contributed by atoms with E-state index in [1.54, 1.807) is 0 Å². The highest BCUT2D eigenvalue weighted by Gasteiger charge is 2.32. The Morgan fingerprint density at radius 2 is 2.00 bits per heavy atom. The third kappa shape index (κ3) is 2.97. The average molecular weight is 234 g/mol. The maximum absolute atomic E-state index is 11.9. The fourth-order valence-electron chi connectivity index (χ4n) is 0.991. The lowest BCUT2D eigenvalue weighted by molar-refractivity contribution is -0.274. The van der Waals surface area contributed by atoms with E-state index in [0.29, 0.717) is 0 Å². The molecule has 4 nitrogen and oxygen atoms in total. The van der Waals surface area contributed by atoms with E-state index in [1.807, 2.05) is 0 Å². The Bertz CT molecular complexity index is 425. The summed E-state index contributed by atoms with van der Waals surface area (Å²) in [7, 11) is 0. The molecule has 0 unspecified atom stereocenters. The molecule has 0 bridgehead atoms. The number of aromatic carboxylic acids is 1. The molecule has 1 aromatic rings. The molecule has 0 spiro atoms. The fraction of sp³-hybridized carbons (Fsp3) is 0.111. The zero-order valence-electron chi connectivity index (χ0n) is 7.62. The molecule has 1 rings (SSSR count). The van der Waals surface area contributed by atoms with Gasteiger partial charge in [-0.05, 0) is 18.2 Å².